The molecule has 0 aliphatic heterocycles. The molecule has 0 radical (unpaired) electrons. The predicted molar refractivity (Wildman–Crippen MR) is 132 cm³/mol. The fourth-order valence-electron chi connectivity index (χ4n) is 3.25. The highest BCUT2D eigenvalue weighted by molar-refractivity contribution is 5.98. The van der Waals surface area contributed by atoms with E-state index < -0.39 is 29.6 Å². The van der Waals surface area contributed by atoms with Gasteiger partial charge in [0.1, 0.15) is 23.9 Å². The zero-order chi connectivity index (χ0) is 25.3. The Hall–Kier alpha value is -3.81. The maximum atomic E-state index is 13.4. The molecule has 0 bridgehead atoms. The Morgan fingerprint density at radius 2 is 1.79 bits per heavy atom. The highest BCUT2D eigenvalue weighted by Gasteiger charge is 2.31. The largest absolute Gasteiger partial charge is 0.497 e. The van der Waals surface area contributed by atoms with Gasteiger partial charge in [-0.25, -0.2) is 4.79 Å². The number of nitrogens with zero attached hydrogens (tertiary/aromatic N) is 1. The van der Waals surface area contributed by atoms with E-state index in [1.807, 2.05) is 25.1 Å². The fraction of sp³-hybridized carbons (Fsp3) is 0.346. The molecule has 2 aromatic rings. The van der Waals surface area contributed by atoms with Crippen molar-refractivity contribution in [2.75, 3.05) is 25.5 Å². The van der Waals surface area contributed by atoms with Gasteiger partial charge in [-0.1, -0.05) is 35.9 Å². The number of nitrogens with one attached hydrogen (secondary N) is 2. The van der Waals surface area contributed by atoms with Crippen LogP contribution in [0.1, 0.15) is 37.9 Å². The molecule has 182 valence electrons. The van der Waals surface area contributed by atoms with Crippen LogP contribution in [0.3, 0.4) is 0 Å². The average molecular weight is 468 g/mol. The SMILES string of the molecule is C=CCN(C(=O)CNC(=O)OC(C)(C)C)C(C(=O)Nc1ccc(OC)cc1)c1cccc(C)c1. The summed E-state index contributed by atoms with van der Waals surface area (Å²) in [6, 6.07) is 13.3. The van der Waals surface area contributed by atoms with E-state index in [2.05, 4.69) is 17.2 Å². The van der Waals surface area contributed by atoms with Gasteiger partial charge in [0.2, 0.25) is 5.91 Å². The van der Waals surface area contributed by atoms with Crippen LogP contribution in [0.15, 0.2) is 61.2 Å². The Morgan fingerprint density at radius 3 is 2.35 bits per heavy atom. The van der Waals surface area contributed by atoms with Gasteiger partial charge in [0.25, 0.3) is 5.91 Å². The Balaban J connectivity index is 2.31. The molecule has 0 heterocycles. The second-order valence-electron chi connectivity index (χ2n) is 8.72. The van der Waals surface area contributed by atoms with Gasteiger partial charge >= 0.3 is 6.09 Å². The smallest absolute Gasteiger partial charge is 0.408 e. The van der Waals surface area contributed by atoms with Crippen molar-refractivity contribution in [1.82, 2.24) is 10.2 Å². The number of rotatable bonds is 9. The van der Waals surface area contributed by atoms with Crippen molar-refractivity contribution in [3.8, 4) is 5.75 Å². The number of amides is 3. The lowest BCUT2D eigenvalue weighted by Gasteiger charge is -2.31. The van der Waals surface area contributed by atoms with Crippen molar-refractivity contribution in [3.05, 3.63) is 72.3 Å². The number of aryl methyl sites for hydroxylation is 1. The summed E-state index contributed by atoms with van der Waals surface area (Å²) in [6.07, 6.45) is 0.823. The molecule has 0 aliphatic carbocycles. The van der Waals surface area contributed by atoms with Gasteiger partial charge in [-0.2, -0.15) is 0 Å². The first-order valence-electron chi connectivity index (χ1n) is 10.9. The number of benzene rings is 2. The summed E-state index contributed by atoms with van der Waals surface area (Å²) in [5.41, 5.74) is 1.44. The van der Waals surface area contributed by atoms with Crippen LogP contribution < -0.4 is 15.4 Å². The molecule has 0 aromatic heterocycles. The normalized spacial score (nSPS) is 11.7. The quantitative estimate of drug-likeness (QED) is 0.538. The third kappa shape index (κ3) is 7.95. The van der Waals surface area contributed by atoms with Crippen molar-refractivity contribution < 1.29 is 23.9 Å². The predicted octanol–water partition coefficient (Wildman–Crippen LogP) is 4.22. The van der Waals surface area contributed by atoms with Crippen LogP contribution in [-0.2, 0) is 14.3 Å². The molecule has 34 heavy (non-hydrogen) atoms. The number of hydrogen-bond acceptors (Lipinski definition) is 5. The summed E-state index contributed by atoms with van der Waals surface area (Å²) in [5, 5.41) is 5.33. The van der Waals surface area contributed by atoms with E-state index in [0.717, 1.165) is 5.56 Å². The minimum absolute atomic E-state index is 0.101. The van der Waals surface area contributed by atoms with Crippen LogP contribution in [0.4, 0.5) is 10.5 Å². The lowest BCUT2D eigenvalue weighted by atomic mass is 10.0. The molecule has 1 atom stereocenters. The maximum absolute atomic E-state index is 13.4. The van der Waals surface area contributed by atoms with Gasteiger partial charge in [-0.3, -0.25) is 9.59 Å². The molecule has 0 fully saturated rings. The van der Waals surface area contributed by atoms with E-state index in [4.69, 9.17) is 9.47 Å². The number of anilines is 1. The molecule has 8 nitrogen and oxygen atoms in total. The Labute approximate surface area is 200 Å². The van der Waals surface area contributed by atoms with Crippen molar-refractivity contribution in [1.29, 1.82) is 0 Å². The third-order valence-electron chi connectivity index (χ3n) is 4.70. The minimum Gasteiger partial charge on any atom is -0.497 e. The summed E-state index contributed by atoms with van der Waals surface area (Å²) in [6.45, 7) is 10.6. The first-order valence-corrected chi connectivity index (χ1v) is 10.9. The molecule has 0 aliphatic rings. The zero-order valence-electron chi connectivity index (χ0n) is 20.4. The summed E-state index contributed by atoms with van der Waals surface area (Å²) in [4.78, 5) is 40.0. The highest BCUT2D eigenvalue weighted by atomic mass is 16.6. The van der Waals surface area contributed by atoms with Crippen LogP contribution in [-0.4, -0.2) is 48.6 Å². The number of methoxy groups -OCH3 is 1. The third-order valence-corrected chi connectivity index (χ3v) is 4.70. The molecular formula is C26H33N3O5. The average Bonchev–Trinajstić information content (AvgIpc) is 2.76. The monoisotopic (exact) mass is 467 g/mol. The van der Waals surface area contributed by atoms with Crippen LogP contribution >= 0.6 is 0 Å². The van der Waals surface area contributed by atoms with Crippen LogP contribution in [0.25, 0.3) is 0 Å². The molecule has 1 unspecified atom stereocenters. The molecule has 2 aromatic carbocycles. The molecular weight excluding hydrogens is 434 g/mol. The van der Waals surface area contributed by atoms with E-state index in [1.54, 1.807) is 58.2 Å². The second-order valence-corrected chi connectivity index (χ2v) is 8.72. The van der Waals surface area contributed by atoms with E-state index in [0.29, 0.717) is 17.0 Å². The van der Waals surface area contributed by atoms with E-state index >= 15 is 0 Å². The van der Waals surface area contributed by atoms with E-state index in [-0.39, 0.29) is 13.1 Å². The van der Waals surface area contributed by atoms with Crippen molar-refractivity contribution in [2.45, 2.75) is 39.3 Å². The summed E-state index contributed by atoms with van der Waals surface area (Å²) < 4.78 is 10.4. The van der Waals surface area contributed by atoms with Crippen LogP contribution in [0, 0.1) is 6.92 Å². The van der Waals surface area contributed by atoms with Crippen molar-refractivity contribution in [3.63, 3.8) is 0 Å². The highest BCUT2D eigenvalue weighted by Crippen LogP contribution is 2.25. The van der Waals surface area contributed by atoms with Crippen molar-refractivity contribution >= 4 is 23.6 Å². The summed E-state index contributed by atoms with van der Waals surface area (Å²) in [5.74, 6) is -0.199. The molecule has 3 amide bonds. The second kappa shape index (κ2) is 11.9. The molecule has 0 saturated heterocycles. The Kier molecular flexibility index (Phi) is 9.24. The van der Waals surface area contributed by atoms with Crippen LogP contribution in [0.5, 0.6) is 5.75 Å². The van der Waals surface area contributed by atoms with Gasteiger partial charge < -0.3 is 25.0 Å². The van der Waals surface area contributed by atoms with Crippen LogP contribution in [0.2, 0.25) is 0 Å². The molecule has 0 spiro atoms. The number of carbonyl (C=O) groups is 3. The number of alkyl carbamates (subject to hydrolysis) is 1. The summed E-state index contributed by atoms with van der Waals surface area (Å²) in [7, 11) is 1.56. The standard InChI is InChI=1S/C26H33N3O5/c1-7-15-29(22(30)17-27-25(32)34-26(3,4)5)23(19-10-8-9-18(2)16-19)24(31)28-20-11-13-21(33-6)14-12-20/h7-14,16,23H,1,15,17H2,2-6H3,(H,27,32)(H,28,31). The maximum Gasteiger partial charge on any atom is 0.408 e. The Bertz CT molecular complexity index is 1010. The number of ether oxygens (including phenoxy) is 2. The van der Waals surface area contributed by atoms with Gasteiger partial charge in [-0.05, 0) is 57.5 Å². The number of hydrogen-bond donors (Lipinski definition) is 2. The topological polar surface area (TPSA) is 97.0 Å². The zero-order valence-corrected chi connectivity index (χ0v) is 20.4. The minimum atomic E-state index is -0.951. The molecule has 2 N–H and O–H groups in total. The van der Waals surface area contributed by atoms with Gasteiger partial charge in [0.05, 0.1) is 7.11 Å². The fourth-order valence-corrected chi connectivity index (χ4v) is 3.25. The molecule has 2 rings (SSSR count). The first kappa shape index (κ1) is 26.4. The van der Waals surface area contributed by atoms with Gasteiger partial charge in [-0.15, -0.1) is 6.58 Å². The number of carbonyl (C=O) groups excluding carboxylic acids is 3. The first-order chi connectivity index (χ1) is 16.0. The van der Waals surface area contributed by atoms with E-state index in [1.165, 1.54) is 11.0 Å². The molecule has 8 heteroatoms. The van der Waals surface area contributed by atoms with Crippen molar-refractivity contribution in [2.24, 2.45) is 0 Å². The lowest BCUT2D eigenvalue weighted by Crippen LogP contribution is -2.46. The Morgan fingerprint density at radius 1 is 1.12 bits per heavy atom. The lowest BCUT2D eigenvalue weighted by molar-refractivity contribution is -0.137. The van der Waals surface area contributed by atoms with Gasteiger partial charge in [0, 0.05) is 12.2 Å². The summed E-state index contributed by atoms with van der Waals surface area (Å²) >= 11 is 0. The van der Waals surface area contributed by atoms with E-state index in [9.17, 15) is 14.4 Å². The van der Waals surface area contributed by atoms with Gasteiger partial charge in [0.15, 0.2) is 0 Å². The molecule has 0 saturated carbocycles.